The summed E-state index contributed by atoms with van der Waals surface area (Å²) in [6.07, 6.45) is 2.78. The molecule has 146 valence electrons. The second-order valence-corrected chi connectivity index (χ2v) is 8.36. The average Bonchev–Trinajstić information content (AvgIpc) is 3.35. The molecule has 3 rings (SSSR count). The van der Waals surface area contributed by atoms with Gasteiger partial charge in [0.25, 0.3) is 0 Å². The second kappa shape index (κ2) is 9.78. The lowest BCUT2D eigenvalue weighted by molar-refractivity contribution is -0.115. The van der Waals surface area contributed by atoms with Crippen molar-refractivity contribution in [3.8, 4) is 0 Å². The van der Waals surface area contributed by atoms with E-state index in [-0.39, 0.29) is 5.91 Å². The fourth-order valence-electron chi connectivity index (χ4n) is 3.13. The van der Waals surface area contributed by atoms with Crippen molar-refractivity contribution in [2.24, 2.45) is 0 Å². The topological polar surface area (TPSA) is 36.4 Å². The molecule has 28 heavy (non-hydrogen) atoms. The molecule has 0 aliphatic rings. The highest BCUT2D eigenvalue weighted by Gasteiger charge is 2.20. The van der Waals surface area contributed by atoms with Gasteiger partial charge in [0.2, 0.25) is 5.91 Å². The van der Waals surface area contributed by atoms with Crippen molar-refractivity contribution in [2.45, 2.75) is 33.4 Å². The minimum absolute atomic E-state index is 0.0247. The normalized spacial score (nSPS) is 11.0. The van der Waals surface area contributed by atoms with E-state index in [1.165, 1.54) is 16.2 Å². The van der Waals surface area contributed by atoms with Crippen LogP contribution in [0.5, 0.6) is 0 Å². The molecule has 6 heteroatoms. The van der Waals surface area contributed by atoms with Gasteiger partial charge < -0.3 is 0 Å². The molecular weight excluding hydrogens is 386 g/mol. The first-order valence-electron chi connectivity index (χ1n) is 9.31. The Kier molecular flexibility index (Phi) is 7.14. The number of amides is 1. The summed E-state index contributed by atoms with van der Waals surface area (Å²) in [6.45, 7) is 9.95. The predicted octanol–water partition coefficient (Wildman–Crippen LogP) is 5.64. The molecule has 0 unspecified atom stereocenters. The lowest BCUT2D eigenvalue weighted by Crippen LogP contribution is -2.24. The maximum absolute atomic E-state index is 12.4. The molecule has 0 bridgehead atoms. The molecular formula is C22H25N3OS2. The van der Waals surface area contributed by atoms with Crippen LogP contribution in [0.4, 0.5) is 10.8 Å². The maximum Gasteiger partial charge on any atom is 0.230 e. The number of thiazole rings is 1. The van der Waals surface area contributed by atoms with Crippen LogP contribution in [0.25, 0.3) is 0 Å². The molecule has 4 nitrogen and oxygen atoms in total. The number of rotatable bonds is 9. The van der Waals surface area contributed by atoms with Crippen molar-refractivity contribution in [3.05, 3.63) is 75.9 Å². The summed E-state index contributed by atoms with van der Waals surface area (Å²) in [4.78, 5) is 22.6. The van der Waals surface area contributed by atoms with Crippen molar-refractivity contribution in [1.29, 1.82) is 0 Å². The summed E-state index contributed by atoms with van der Waals surface area (Å²) in [5.74, 6) is -0.0247. The molecule has 2 aromatic heterocycles. The van der Waals surface area contributed by atoms with Gasteiger partial charge in [-0.3, -0.25) is 14.6 Å². The number of hydrogen-bond donors (Lipinski definition) is 0. The Balaban J connectivity index is 1.82. The van der Waals surface area contributed by atoms with Gasteiger partial charge >= 0.3 is 0 Å². The van der Waals surface area contributed by atoms with Crippen molar-refractivity contribution in [2.75, 3.05) is 11.4 Å². The number of para-hydroxylation sites is 1. The fraction of sp³-hybridized carbons (Fsp3) is 0.273. The third-order valence-corrected chi connectivity index (χ3v) is 6.13. The first-order chi connectivity index (χ1) is 13.6. The summed E-state index contributed by atoms with van der Waals surface area (Å²) in [5, 5.41) is 4.86. The zero-order valence-corrected chi connectivity index (χ0v) is 17.9. The molecule has 2 heterocycles. The average molecular weight is 412 g/mol. The minimum atomic E-state index is -0.0247. The fourth-order valence-corrected chi connectivity index (χ4v) is 4.74. The van der Waals surface area contributed by atoms with Gasteiger partial charge in [0.1, 0.15) is 0 Å². The van der Waals surface area contributed by atoms with Crippen LogP contribution in [0.15, 0.2) is 59.8 Å². The second-order valence-electron chi connectivity index (χ2n) is 6.50. The molecule has 0 spiro atoms. The van der Waals surface area contributed by atoms with Gasteiger partial charge in [0.05, 0.1) is 11.4 Å². The van der Waals surface area contributed by atoms with Crippen LogP contribution in [-0.2, 0) is 24.3 Å². The van der Waals surface area contributed by atoms with Crippen molar-refractivity contribution < 1.29 is 4.79 Å². The van der Waals surface area contributed by atoms with E-state index < -0.39 is 0 Å². The van der Waals surface area contributed by atoms with E-state index in [9.17, 15) is 4.79 Å². The van der Waals surface area contributed by atoms with Gasteiger partial charge in [0.15, 0.2) is 5.13 Å². The van der Waals surface area contributed by atoms with Crippen LogP contribution in [0.2, 0.25) is 0 Å². The Hall–Kier alpha value is -2.28. The van der Waals surface area contributed by atoms with Gasteiger partial charge in [-0.1, -0.05) is 37.3 Å². The molecule has 0 aliphatic carbocycles. The predicted molar refractivity (Wildman–Crippen MR) is 119 cm³/mol. The summed E-state index contributed by atoms with van der Waals surface area (Å²) in [6, 6.07) is 12.2. The number of carbonyl (C=O) groups is 1. The number of nitrogens with zero attached hydrogens (tertiary/aromatic N) is 3. The number of anilines is 2. The standard InChI is InChI=1S/C22H25N3OS2/c1-4-12-24(15-20-10-8-13-27-20)14-19-16-28-22(23-19)25(17(3)26)21-11-7-6-9-18(21)5-2/h4,6-11,13,16H,1,5,12,14-15H2,2-3H3. The van der Waals surface area contributed by atoms with Crippen LogP contribution in [0, 0.1) is 0 Å². The molecule has 0 saturated heterocycles. The zero-order chi connectivity index (χ0) is 19.9. The van der Waals surface area contributed by atoms with Gasteiger partial charge in [-0.25, -0.2) is 4.98 Å². The summed E-state index contributed by atoms with van der Waals surface area (Å²) < 4.78 is 0. The van der Waals surface area contributed by atoms with Gasteiger partial charge in [-0.05, 0) is 29.5 Å². The zero-order valence-electron chi connectivity index (χ0n) is 16.3. The highest BCUT2D eigenvalue weighted by atomic mass is 32.1. The van der Waals surface area contributed by atoms with Crippen molar-refractivity contribution >= 4 is 39.4 Å². The molecule has 3 aromatic rings. The lowest BCUT2D eigenvalue weighted by atomic mass is 10.1. The number of benzene rings is 1. The molecule has 1 amide bonds. The third-order valence-electron chi connectivity index (χ3n) is 4.39. The van der Waals surface area contributed by atoms with Gasteiger partial charge in [-0.2, -0.15) is 0 Å². The Morgan fingerprint density at radius 3 is 2.68 bits per heavy atom. The van der Waals surface area contributed by atoms with E-state index in [1.807, 2.05) is 29.7 Å². The van der Waals surface area contributed by atoms with Gasteiger partial charge in [-0.15, -0.1) is 29.3 Å². The van der Waals surface area contributed by atoms with E-state index in [2.05, 4.69) is 42.0 Å². The monoisotopic (exact) mass is 411 g/mol. The molecule has 0 radical (unpaired) electrons. The lowest BCUT2D eigenvalue weighted by Gasteiger charge is -2.21. The Labute approximate surface area is 174 Å². The largest absolute Gasteiger partial charge is 0.289 e. The van der Waals surface area contributed by atoms with Crippen LogP contribution < -0.4 is 4.90 Å². The number of thiophene rings is 1. The number of hydrogen-bond acceptors (Lipinski definition) is 5. The Bertz CT molecular complexity index is 918. The van der Waals surface area contributed by atoms with Crippen LogP contribution in [0.3, 0.4) is 0 Å². The Morgan fingerprint density at radius 1 is 1.18 bits per heavy atom. The summed E-state index contributed by atoms with van der Waals surface area (Å²) >= 11 is 3.27. The highest BCUT2D eigenvalue weighted by Crippen LogP contribution is 2.32. The first-order valence-corrected chi connectivity index (χ1v) is 11.1. The smallest absolute Gasteiger partial charge is 0.230 e. The van der Waals surface area contributed by atoms with E-state index in [1.54, 1.807) is 23.2 Å². The van der Waals surface area contributed by atoms with Crippen LogP contribution >= 0.6 is 22.7 Å². The van der Waals surface area contributed by atoms with E-state index in [0.717, 1.165) is 48.1 Å². The molecule has 0 atom stereocenters. The molecule has 0 aliphatic heterocycles. The summed E-state index contributed by atoms with van der Waals surface area (Å²) in [5.41, 5.74) is 3.03. The molecule has 1 aromatic carbocycles. The summed E-state index contributed by atoms with van der Waals surface area (Å²) in [7, 11) is 0. The number of aryl methyl sites for hydroxylation is 1. The third kappa shape index (κ3) is 4.95. The number of carbonyl (C=O) groups excluding carboxylic acids is 1. The minimum Gasteiger partial charge on any atom is -0.289 e. The first kappa shape index (κ1) is 20.5. The quantitative estimate of drug-likeness (QED) is 0.428. The van der Waals surface area contributed by atoms with E-state index in [0.29, 0.717) is 0 Å². The van der Waals surface area contributed by atoms with Crippen LogP contribution in [0.1, 0.15) is 30.0 Å². The van der Waals surface area contributed by atoms with Crippen LogP contribution in [-0.4, -0.2) is 22.3 Å². The number of aromatic nitrogens is 1. The van der Waals surface area contributed by atoms with Crippen molar-refractivity contribution in [1.82, 2.24) is 9.88 Å². The molecule has 0 N–H and O–H groups in total. The molecule has 0 saturated carbocycles. The Morgan fingerprint density at radius 2 is 2.00 bits per heavy atom. The van der Waals surface area contributed by atoms with E-state index >= 15 is 0 Å². The highest BCUT2D eigenvalue weighted by molar-refractivity contribution is 7.14. The van der Waals surface area contributed by atoms with E-state index in [4.69, 9.17) is 4.98 Å². The van der Waals surface area contributed by atoms with Crippen molar-refractivity contribution in [3.63, 3.8) is 0 Å². The SMILES string of the molecule is C=CCN(Cc1csc(N(C(C)=O)c2ccccc2CC)n1)Cc1cccs1. The maximum atomic E-state index is 12.4. The van der Waals surface area contributed by atoms with Gasteiger partial charge in [0, 0.05) is 36.8 Å². The molecule has 0 fully saturated rings.